The third kappa shape index (κ3) is 3.12. The molecule has 0 saturated heterocycles. The van der Waals surface area contributed by atoms with Gasteiger partial charge in [-0.3, -0.25) is 9.78 Å². The van der Waals surface area contributed by atoms with Crippen molar-refractivity contribution in [2.75, 3.05) is 0 Å². The van der Waals surface area contributed by atoms with Crippen LogP contribution in [0.3, 0.4) is 0 Å². The van der Waals surface area contributed by atoms with E-state index in [0.717, 1.165) is 0 Å². The van der Waals surface area contributed by atoms with Crippen molar-refractivity contribution in [1.82, 2.24) is 10.3 Å². The molecule has 0 fully saturated rings. The summed E-state index contributed by atoms with van der Waals surface area (Å²) >= 11 is 10.5. The number of pyridine rings is 1. The molecule has 0 aliphatic heterocycles. The summed E-state index contributed by atoms with van der Waals surface area (Å²) in [7, 11) is 0. The van der Waals surface area contributed by atoms with E-state index in [1.165, 1.54) is 18.3 Å². The zero-order valence-corrected chi connectivity index (χ0v) is 8.52. The number of halogens is 3. The summed E-state index contributed by atoms with van der Waals surface area (Å²) < 4.78 is 13.0. The largest absolute Gasteiger partial charge is 0.348 e. The Hall–Kier alpha value is -0.870. The van der Waals surface area contributed by atoms with E-state index in [2.05, 4.69) is 10.3 Å². The summed E-state index contributed by atoms with van der Waals surface area (Å²) in [5, 5.41) is 2.33. The molecule has 0 spiro atoms. The van der Waals surface area contributed by atoms with Gasteiger partial charge in [-0.2, -0.15) is 0 Å². The Kier molecular flexibility index (Phi) is 4.10. The van der Waals surface area contributed by atoms with Crippen LogP contribution in [0.1, 0.15) is 5.69 Å². The van der Waals surface area contributed by atoms with Gasteiger partial charge in [-0.25, -0.2) is 4.39 Å². The Morgan fingerprint density at radius 3 is 2.93 bits per heavy atom. The molecule has 1 N–H and O–H groups in total. The normalized spacial score (nSPS) is 10.3. The maximum absolute atomic E-state index is 13.0. The van der Waals surface area contributed by atoms with Crippen molar-refractivity contribution in [2.45, 2.75) is 11.4 Å². The predicted octanol–water partition coefficient (Wildman–Crippen LogP) is 1.64. The molecule has 1 amide bonds. The summed E-state index contributed by atoms with van der Waals surface area (Å²) in [6.45, 7) is -0.0263. The molecule has 3 nitrogen and oxygen atoms in total. The second-order valence-corrected chi connectivity index (χ2v) is 3.55. The highest BCUT2D eigenvalue weighted by atomic mass is 35.5. The second kappa shape index (κ2) is 5.12. The van der Waals surface area contributed by atoms with Crippen molar-refractivity contribution < 1.29 is 9.18 Å². The maximum Gasteiger partial charge on any atom is 0.253 e. The molecule has 1 aromatic heterocycles. The van der Waals surface area contributed by atoms with Crippen molar-refractivity contribution in [1.29, 1.82) is 0 Å². The highest BCUT2D eigenvalue weighted by Gasteiger charge is 2.11. The van der Waals surface area contributed by atoms with Crippen LogP contribution < -0.4 is 5.32 Å². The average molecular weight is 237 g/mol. The maximum atomic E-state index is 13.0. The van der Waals surface area contributed by atoms with E-state index in [1.807, 2.05) is 0 Å². The molecule has 76 valence electrons. The Labute approximate surface area is 90.2 Å². The fraction of sp³-hybridized carbons (Fsp3) is 0.250. The Morgan fingerprint density at radius 1 is 1.64 bits per heavy atom. The van der Waals surface area contributed by atoms with Crippen LogP contribution in [-0.4, -0.2) is 15.7 Å². The lowest BCUT2D eigenvalue weighted by Gasteiger charge is -2.05. The van der Waals surface area contributed by atoms with Crippen LogP contribution in [0.4, 0.5) is 4.39 Å². The van der Waals surface area contributed by atoms with Gasteiger partial charge in [0.1, 0.15) is 5.82 Å². The fourth-order valence-corrected chi connectivity index (χ4v) is 0.951. The zero-order valence-electron chi connectivity index (χ0n) is 7.01. The van der Waals surface area contributed by atoms with Gasteiger partial charge in [0.15, 0.2) is 4.84 Å². The summed E-state index contributed by atoms with van der Waals surface area (Å²) in [5.74, 6) is -1.05. The molecule has 0 unspecified atom stereocenters. The third-order valence-corrected chi connectivity index (χ3v) is 1.86. The van der Waals surface area contributed by atoms with Gasteiger partial charge in [0.25, 0.3) is 5.91 Å². The van der Waals surface area contributed by atoms with E-state index in [9.17, 15) is 9.18 Å². The van der Waals surface area contributed by atoms with E-state index in [1.54, 1.807) is 0 Å². The van der Waals surface area contributed by atoms with E-state index in [0.29, 0.717) is 0 Å². The van der Waals surface area contributed by atoms with Gasteiger partial charge < -0.3 is 5.32 Å². The van der Waals surface area contributed by atoms with Gasteiger partial charge in [-0.1, -0.05) is 23.2 Å². The smallest absolute Gasteiger partial charge is 0.253 e. The molecule has 1 heterocycles. The fourth-order valence-electron chi connectivity index (χ4n) is 0.796. The minimum atomic E-state index is -1.15. The Bertz CT molecular complexity index is 333. The SMILES string of the molecule is O=C(NCc1ncccc1F)C(Cl)Cl. The first-order valence-corrected chi connectivity index (χ1v) is 4.64. The van der Waals surface area contributed by atoms with Gasteiger partial charge in [0.2, 0.25) is 0 Å². The lowest BCUT2D eigenvalue weighted by Crippen LogP contribution is -2.28. The molecule has 0 aromatic carbocycles. The Morgan fingerprint density at radius 2 is 2.36 bits per heavy atom. The van der Waals surface area contributed by atoms with E-state index < -0.39 is 16.6 Å². The van der Waals surface area contributed by atoms with E-state index in [4.69, 9.17) is 23.2 Å². The van der Waals surface area contributed by atoms with Crippen molar-refractivity contribution in [3.8, 4) is 0 Å². The molecule has 6 heteroatoms. The minimum Gasteiger partial charge on any atom is -0.348 e. The molecule has 0 saturated carbocycles. The van der Waals surface area contributed by atoms with Gasteiger partial charge in [-0.05, 0) is 12.1 Å². The van der Waals surface area contributed by atoms with Crippen LogP contribution >= 0.6 is 23.2 Å². The van der Waals surface area contributed by atoms with Crippen molar-refractivity contribution in [2.24, 2.45) is 0 Å². The number of hydrogen-bond acceptors (Lipinski definition) is 2. The van der Waals surface area contributed by atoms with Crippen LogP contribution in [0, 0.1) is 5.82 Å². The molecule has 0 atom stereocenters. The first kappa shape index (κ1) is 11.2. The number of carbonyl (C=O) groups excluding carboxylic acids is 1. The summed E-state index contributed by atoms with van der Waals surface area (Å²) in [6, 6.07) is 2.72. The number of rotatable bonds is 3. The molecule has 0 bridgehead atoms. The summed E-state index contributed by atoms with van der Waals surface area (Å²) in [5.41, 5.74) is 0.148. The molecular formula is C8H7Cl2FN2O. The lowest BCUT2D eigenvalue weighted by atomic mass is 10.3. The summed E-state index contributed by atoms with van der Waals surface area (Å²) in [4.78, 5) is 13.5. The third-order valence-electron chi connectivity index (χ3n) is 1.46. The van der Waals surface area contributed by atoms with E-state index >= 15 is 0 Å². The van der Waals surface area contributed by atoms with Gasteiger partial charge in [0.05, 0.1) is 12.2 Å². The number of alkyl halides is 2. The molecule has 14 heavy (non-hydrogen) atoms. The van der Waals surface area contributed by atoms with Crippen LogP contribution in [0.15, 0.2) is 18.3 Å². The highest BCUT2D eigenvalue weighted by Crippen LogP contribution is 2.04. The average Bonchev–Trinajstić information content (AvgIpc) is 2.16. The monoisotopic (exact) mass is 236 g/mol. The van der Waals surface area contributed by atoms with Crippen LogP contribution in [0.2, 0.25) is 0 Å². The molecular weight excluding hydrogens is 230 g/mol. The first-order valence-electron chi connectivity index (χ1n) is 3.76. The quantitative estimate of drug-likeness (QED) is 0.812. The van der Waals surface area contributed by atoms with Crippen molar-refractivity contribution in [3.05, 3.63) is 29.8 Å². The Balaban J connectivity index is 2.54. The number of amides is 1. The van der Waals surface area contributed by atoms with Crippen LogP contribution in [-0.2, 0) is 11.3 Å². The molecule has 0 aliphatic rings. The number of carbonyl (C=O) groups is 1. The standard InChI is InChI=1S/C8H7Cl2FN2O/c9-7(10)8(14)13-4-6-5(11)2-1-3-12-6/h1-3,7H,4H2,(H,13,14). The number of hydrogen-bond donors (Lipinski definition) is 1. The molecule has 0 radical (unpaired) electrons. The highest BCUT2D eigenvalue weighted by molar-refractivity contribution is 6.53. The van der Waals surface area contributed by atoms with Gasteiger partial charge in [0, 0.05) is 6.20 Å². The van der Waals surface area contributed by atoms with Crippen LogP contribution in [0.25, 0.3) is 0 Å². The number of nitrogens with zero attached hydrogens (tertiary/aromatic N) is 1. The summed E-state index contributed by atoms with van der Waals surface area (Å²) in [6.07, 6.45) is 1.43. The zero-order chi connectivity index (χ0) is 10.6. The number of nitrogens with one attached hydrogen (secondary N) is 1. The second-order valence-electron chi connectivity index (χ2n) is 2.45. The lowest BCUT2D eigenvalue weighted by molar-refractivity contribution is -0.119. The van der Waals surface area contributed by atoms with Crippen LogP contribution in [0.5, 0.6) is 0 Å². The predicted molar refractivity (Wildman–Crippen MR) is 51.5 cm³/mol. The molecule has 1 aromatic rings. The van der Waals surface area contributed by atoms with Crippen molar-refractivity contribution >= 4 is 29.1 Å². The molecule has 1 rings (SSSR count). The van der Waals surface area contributed by atoms with Gasteiger partial charge in [-0.15, -0.1) is 0 Å². The van der Waals surface area contributed by atoms with E-state index in [-0.39, 0.29) is 12.2 Å². The first-order chi connectivity index (χ1) is 6.61. The molecule has 0 aliphatic carbocycles. The van der Waals surface area contributed by atoms with Gasteiger partial charge >= 0.3 is 0 Å². The topological polar surface area (TPSA) is 42.0 Å². The minimum absolute atomic E-state index is 0.0263. The number of aromatic nitrogens is 1. The van der Waals surface area contributed by atoms with Crippen molar-refractivity contribution in [3.63, 3.8) is 0 Å².